The molecule has 20 rings (SSSR count). The molecule has 8 aliphatic carbocycles. The molecule has 16 aliphatic rings. The number of hydrogen-bond acceptors (Lipinski definition) is 19. The molecule has 92 heavy (non-hydrogen) atoms. The van der Waals surface area contributed by atoms with Gasteiger partial charge in [0.15, 0.2) is 41.8 Å². The Labute approximate surface area is 533 Å². The molecule has 8 heterocycles. The van der Waals surface area contributed by atoms with Crippen molar-refractivity contribution in [2.24, 2.45) is 0 Å². The van der Waals surface area contributed by atoms with E-state index in [1.807, 2.05) is 56.6 Å². The minimum atomic E-state index is -1.11. The molecule has 4 saturated heterocycles. The zero-order chi connectivity index (χ0) is 63.7. The van der Waals surface area contributed by atoms with Gasteiger partial charge in [-0.25, -0.2) is 0 Å². The van der Waals surface area contributed by atoms with Gasteiger partial charge in [0.2, 0.25) is 0 Å². The Morgan fingerprint density at radius 1 is 0.478 bits per heavy atom. The van der Waals surface area contributed by atoms with Crippen molar-refractivity contribution < 1.29 is 73.8 Å². The molecule has 0 aromatic heterocycles. The minimum Gasteiger partial charge on any atom is -0.497 e. The number of carbonyl (C=O) groups is 3. The van der Waals surface area contributed by atoms with Crippen LogP contribution in [0, 0.1) is 0 Å². The number of ketones is 3. The molecule has 15 atom stereocenters. The van der Waals surface area contributed by atoms with E-state index in [9.17, 15) is 50.1 Å². The summed E-state index contributed by atoms with van der Waals surface area (Å²) in [6, 6.07) is 16.3. The van der Waals surface area contributed by atoms with Crippen molar-refractivity contribution in [3.63, 3.8) is 0 Å². The quantitative estimate of drug-likeness (QED) is 0.152. The molecular formula is C73H80N4O15. The highest BCUT2D eigenvalue weighted by Crippen LogP contribution is 2.67. The van der Waals surface area contributed by atoms with Gasteiger partial charge in [-0.15, -0.1) is 0 Å². The van der Waals surface area contributed by atoms with E-state index in [1.54, 1.807) is 19.3 Å². The van der Waals surface area contributed by atoms with E-state index < -0.39 is 51.4 Å². The number of nitrogens with zero attached hydrogens (tertiary/aromatic N) is 4. The maximum atomic E-state index is 12.6. The van der Waals surface area contributed by atoms with E-state index in [2.05, 4.69) is 51.9 Å². The number of rotatable bonds is 5. The molecule has 4 aromatic carbocycles. The number of aliphatic hydroxyl groups excluding tert-OH is 4. The molecule has 0 amide bonds. The van der Waals surface area contributed by atoms with Crippen LogP contribution in [0.2, 0.25) is 0 Å². The maximum Gasteiger partial charge on any atom is 0.196 e. The highest BCUT2D eigenvalue weighted by atomic mass is 16.5. The first-order valence-corrected chi connectivity index (χ1v) is 32.9. The lowest BCUT2D eigenvalue weighted by Gasteiger charge is -2.62. The van der Waals surface area contributed by atoms with E-state index in [0.29, 0.717) is 60.1 Å². The summed E-state index contributed by atoms with van der Waals surface area (Å²) < 4.78 is 30.4. The SMILES string of the molecule is CN1CC[C@]23c4c5ccc(CO)c4OC2C(=O)C=CC3(O)[C@H]1C5.CN1CC[C@]23c4c5ccc(CO)c4OC2C(=O)C=C[C@@]3(O)[C@H]1C5.CN1CC[C@]23c4c5ccc(CO)c4OC2C(=O)CCC3(O)[C@H]1C5.COC1=CC=C2[C@H]3Cc4ccc(CO)c5c4[C@@]2(CCN3C)C1O5. The second kappa shape index (κ2) is 20.0. The van der Waals surface area contributed by atoms with Crippen molar-refractivity contribution in [1.29, 1.82) is 0 Å². The smallest absolute Gasteiger partial charge is 0.196 e. The fraction of sp³-hybridized carbons (Fsp3) is 0.521. The highest BCUT2D eigenvalue weighted by Gasteiger charge is 2.75. The Kier molecular flexibility index (Phi) is 12.9. The molecule has 8 bridgehead atoms. The first-order chi connectivity index (χ1) is 44.3. The Hall–Kier alpha value is -6.59. The van der Waals surface area contributed by atoms with E-state index in [0.717, 1.165) is 121 Å². The van der Waals surface area contributed by atoms with E-state index in [4.69, 9.17) is 23.7 Å². The second-order valence-corrected chi connectivity index (χ2v) is 29.1. The van der Waals surface area contributed by atoms with Crippen LogP contribution in [0.3, 0.4) is 0 Å². The van der Waals surface area contributed by atoms with E-state index in [-0.39, 0.29) is 73.4 Å². The maximum absolute atomic E-state index is 12.6. The molecule has 19 heteroatoms. The van der Waals surface area contributed by atoms with Gasteiger partial charge in [0, 0.05) is 75.1 Å². The van der Waals surface area contributed by atoms with Crippen LogP contribution < -0.4 is 18.9 Å². The third-order valence-corrected chi connectivity index (χ3v) is 25.8. The number of carbonyl (C=O) groups excluding carboxylic acids is 3. The fourth-order valence-corrected chi connectivity index (χ4v) is 21.5. The zero-order valence-electron chi connectivity index (χ0n) is 52.6. The molecule has 7 N–H and O–H groups in total. The van der Waals surface area contributed by atoms with Gasteiger partial charge in [-0.3, -0.25) is 29.1 Å². The van der Waals surface area contributed by atoms with Crippen LogP contribution in [-0.4, -0.2) is 200 Å². The van der Waals surface area contributed by atoms with Gasteiger partial charge in [-0.05, 0) is 170 Å². The van der Waals surface area contributed by atoms with Crippen LogP contribution in [0.1, 0.15) is 105 Å². The number of hydrogen-bond donors (Lipinski definition) is 7. The lowest BCUT2D eigenvalue weighted by atomic mass is 9.49. The molecule has 0 radical (unpaired) electrons. The molecule has 5 fully saturated rings. The van der Waals surface area contributed by atoms with Crippen LogP contribution in [0.15, 0.2) is 96.3 Å². The Morgan fingerprint density at radius 2 is 0.891 bits per heavy atom. The van der Waals surface area contributed by atoms with Gasteiger partial charge >= 0.3 is 0 Å². The van der Waals surface area contributed by atoms with Gasteiger partial charge in [-0.2, -0.15) is 0 Å². The van der Waals surface area contributed by atoms with Crippen LogP contribution >= 0.6 is 0 Å². The number of aliphatic hydroxyl groups is 7. The molecule has 6 unspecified atom stereocenters. The minimum absolute atomic E-state index is 0.0137. The van der Waals surface area contributed by atoms with Crippen molar-refractivity contribution in [2.45, 2.75) is 178 Å². The third-order valence-electron chi connectivity index (χ3n) is 25.8. The van der Waals surface area contributed by atoms with Gasteiger partial charge in [-0.1, -0.05) is 54.6 Å². The van der Waals surface area contributed by atoms with Crippen LogP contribution in [0.5, 0.6) is 23.0 Å². The average Bonchev–Trinajstić information content (AvgIpc) is 1.43. The van der Waals surface area contributed by atoms with Crippen molar-refractivity contribution in [3.8, 4) is 23.0 Å². The second-order valence-electron chi connectivity index (χ2n) is 29.1. The van der Waals surface area contributed by atoms with Gasteiger partial charge in [0.1, 0.15) is 40.0 Å². The number of methoxy groups -OCH3 is 1. The summed E-state index contributed by atoms with van der Waals surface area (Å²) in [5, 5.41) is 73.7. The topological polar surface area (TPSA) is 252 Å². The molecule has 8 aliphatic heterocycles. The lowest BCUT2D eigenvalue weighted by molar-refractivity contribution is -0.185. The standard InChI is InChI=1S/C19H21NO3.C18H21NO4.2C18H19NO4/c1-20-8-7-19-13-5-6-15(22-2)18(19)23-17-12(10-21)4-3-11(16(17)19)9-14(13)20;3*1-19-7-6-17-14-10-2-3-11(9-20)15(14)23-16(17)12(21)4-5-18(17,22)13(19)8-10/h3-6,14,18,21H,7-10H2,1-2H3;2-3,13,16,20,22H,4-9H2,1H3;2*2-5,13,16,20,22H,6-9H2,1H3/t14-,18?,19+;2*13-,16?,17+,18?;13-,16?,17+,18-/m1111/s1. The van der Waals surface area contributed by atoms with Gasteiger partial charge < -0.3 is 64.3 Å². The van der Waals surface area contributed by atoms with Gasteiger partial charge in [0.05, 0.1) is 60.8 Å². The summed E-state index contributed by atoms with van der Waals surface area (Å²) in [7, 11) is 10.0. The number of likely N-dealkylation sites (N-methyl/N-ethyl adjacent to an activating group) is 4. The van der Waals surface area contributed by atoms with E-state index >= 15 is 0 Å². The average molecular weight is 1250 g/mol. The molecular weight excluding hydrogens is 1170 g/mol. The van der Waals surface area contributed by atoms with Crippen molar-refractivity contribution >= 4 is 17.3 Å². The molecule has 4 spiro atoms. The Bertz CT molecular complexity index is 3920. The summed E-state index contributed by atoms with van der Waals surface area (Å²) in [6.45, 7) is 3.18. The number of ether oxygens (including phenoxy) is 5. The number of piperidine rings is 4. The van der Waals surface area contributed by atoms with Crippen molar-refractivity contribution in [1.82, 2.24) is 19.6 Å². The first kappa shape index (κ1) is 59.2. The highest BCUT2D eigenvalue weighted by molar-refractivity contribution is 6.00. The summed E-state index contributed by atoms with van der Waals surface area (Å²) in [5.41, 5.74) is 8.17. The first-order valence-electron chi connectivity index (χ1n) is 32.9. The fourth-order valence-electron chi connectivity index (χ4n) is 21.5. The van der Waals surface area contributed by atoms with Gasteiger partial charge in [0.25, 0.3) is 0 Å². The zero-order valence-corrected chi connectivity index (χ0v) is 52.6. The predicted octanol–water partition coefficient (Wildman–Crippen LogP) is 3.06. The number of Topliss-reactive ketones (excluding diaryl/α,β-unsaturated/α-hetero) is 1. The molecule has 4 aromatic rings. The summed E-state index contributed by atoms with van der Waals surface area (Å²) in [5.74, 6) is 3.59. The number of benzene rings is 4. The molecule has 1 saturated carbocycles. The normalized spacial score (nSPS) is 38.6. The Morgan fingerprint density at radius 3 is 1.38 bits per heavy atom. The monoisotopic (exact) mass is 1250 g/mol. The third kappa shape index (κ3) is 6.95. The van der Waals surface area contributed by atoms with Crippen LogP contribution in [-0.2, 0) is 92.9 Å². The summed E-state index contributed by atoms with van der Waals surface area (Å²) >= 11 is 0. The number of likely N-dealkylation sites (tertiary alicyclic amines) is 4. The lowest BCUT2D eigenvalue weighted by Crippen LogP contribution is -2.76. The van der Waals surface area contributed by atoms with Crippen LogP contribution in [0.4, 0.5) is 0 Å². The van der Waals surface area contributed by atoms with Crippen LogP contribution in [0.25, 0.3) is 0 Å². The largest absolute Gasteiger partial charge is 0.497 e. The molecule has 19 nitrogen and oxygen atoms in total. The van der Waals surface area contributed by atoms with Crippen molar-refractivity contribution in [3.05, 3.63) is 163 Å². The summed E-state index contributed by atoms with van der Waals surface area (Å²) in [4.78, 5) is 46.8. The summed E-state index contributed by atoms with van der Waals surface area (Å²) in [6.07, 6.45) is 15.8. The predicted molar refractivity (Wildman–Crippen MR) is 333 cm³/mol. The van der Waals surface area contributed by atoms with Crippen molar-refractivity contribution in [2.75, 3.05) is 61.5 Å². The Balaban J connectivity index is 0.0000000939. The molecule has 482 valence electrons. The van der Waals surface area contributed by atoms with E-state index in [1.165, 1.54) is 28.9 Å². The number of allylic oxidation sites excluding steroid dienone is 2.